The summed E-state index contributed by atoms with van der Waals surface area (Å²) >= 11 is 0. The molecule has 0 aliphatic rings. The molecule has 7 heteroatoms. The highest BCUT2D eigenvalue weighted by Crippen LogP contribution is 2.30. The lowest BCUT2D eigenvalue weighted by Crippen LogP contribution is -2.07. The molecule has 0 aliphatic heterocycles. The molecule has 0 amide bonds. The standard InChI is InChI=1S/C13H8F3N3O/c1-7-6-17-5-4-8(7)11-18-9-2-3-10(13(14,15)16)19-12(9)20-11/h2-6H,1H3. The summed E-state index contributed by atoms with van der Waals surface area (Å²) in [5.41, 5.74) is 0.635. The number of fused-ring (bicyclic) bond motifs is 1. The number of oxazole rings is 1. The van der Waals surface area contributed by atoms with Crippen molar-refractivity contribution >= 4 is 11.2 Å². The molecule has 3 rings (SSSR count). The van der Waals surface area contributed by atoms with Gasteiger partial charge < -0.3 is 4.42 Å². The minimum atomic E-state index is -4.51. The molecule has 0 fully saturated rings. The minimum Gasteiger partial charge on any atom is -0.418 e. The normalized spacial score (nSPS) is 12.0. The van der Waals surface area contributed by atoms with Crippen LogP contribution in [0.25, 0.3) is 22.7 Å². The summed E-state index contributed by atoms with van der Waals surface area (Å²) < 4.78 is 43.1. The van der Waals surface area contributed by atoms with Gasteiger partial charge in [-0.1, -0.05) is 0 Å². The summed E-state index contributed by atoms with van der Waals surface area (Å²) in [7, 11) is 0. The second-order valence-corrected chi connectivity index (χ2v) is 4.23. The molecule has 3 aromatic rings. The first-order valence-corrected chi connectivity index (χ1v) is 5.71. The number of rotatable bonds is 1. The van der Waals surface area contributed by atoms with Crippen LogP contribution in [0.4, 0.5) is 13.2 Å². The number of aryl methyl sites for hydroxylation is 1. The van der Waals surface area contributed by atoms with E-state index in [1.807, 2.05) is 6.92 Å². The maximum absolute atomic E-state index is 12.6. The quantitative estimate of drug-likeness (QED) is 0.682. The van der Waals surface area contributed by atoms with Crippen LogP contribution in [0.2, 0.25) is 0 Å². The van der Waals surface area contributed by atoms with E-state index in [1.165, 1.54) is 6.07 Å². The summed E-state index contributed by atoms with van der Waals surface area (Å²) in [5, 5.41) is 0. The van der Waals surface area contributed by atoms with Crippen LogP contribution >= 0.6 is 0 Å². The summed E-state index contributed by atoms with van der Waals surface area (Å²) in [6.45, 7) is 1.81. The third-order valence-electron chi connectivity index (χ3n) is 2.80. The molecule has 0 atom stereocenters. The number of nitrogens with zero attached hydrogens (tertiary/aromatic N) is 3. The van der Waals surface area contributed by atoms with Crippen molar-refractivity contribution in [2.75, 3.05) is 0 Å². The van der Waals surface area contributed by atoms with Crippen LogP contribution in [0.3, 0.4) is 0 Å². The highest BCUT2D eigenvalue weighted by atomic mass is 19.4. The lowest BCUT2D eigenvalue weighted by molar-refractivity contribution is -0.141. The highest BCUT2D eigenvalue weighted by Gasteiger charge is 2.33. The molecule has 3 aromatic heterocycles. The lowest BCUT2D eigenvalue weighted by Gasteiger charge is -2.03. The second kappa shape index (κ2) is 4.29. The van der Waals surface area contributed by atoms with E-state index in [2.05, 4.69) is 15.0 Å². The molecule has 0 bridgehead atoms. The van der Waals surface area contributed by atoms with Gasteiger partial charge in [-0.25, -0.2) is 9.97 Å². The van der Waals surface area contributed by atoms with Gasteiger partial charge in [0, 0.05) is 18.0 Å². The molecule has 0 radical (unpaired) electrons. The van der Waals surface area contributed by atoms with Gasteiger partial charge in [-0.15, -0.1) is 0 Å². The topological polar surface area (TPSA) is 51.8 Å². The molecule has 0 aromatic carbocycles. The first kappa shape index (κ1) is 12.6. The third kappa shape index (κ3) is 2.11. The number of hydrogen-bond donors (Lipinski definition) is 0. The molecule has 0 saturated heterocycles. The van der Waals surface area contributed by atoms with Crippen LogP contribution < -0.4 is 0 Å². The Morgan fingerprint density at radius 2 is 1.90 bits per heavy atom. The summed E-state index contributed by atoms with van der Waals surface area (Å²) in [4.78, 5) is 11.5. The van der Waals surface area contributed by atoms with Gasteiger partial charge in [-0.05, 0) is 30.7 Å². The van der Waals surface area contributed by atoms with E-state index in [9.17, 15) is 13.2 Å². The smallest absolute Gasteiger partial charge is 0.418 e. The van der Waals surface area contributed by atoms with Crippen molar-refractivity contribution in [1.82, 2.24) is 15.0 Å². The van der Waals surface area contributed by atoms with Gasteiger partial charge in [0.2, 0.25) is 11.6 Å². The molecule has 0 N–H and O–H groups in total. The fourth-order valence-corrected chi connectivity index (χ4v) is 1.80. The van der Waals surface area contributed by atoms with Crippen molar-refractivity contribution in [2.45, 2.75) is 13.1 Å². The maximum atomic E-state index is 12.6. The number of aromatic nitrogens is 3. The van der Waals surface area contributed by atoms with E-state index < -0.39 is 11.9 Å². The Balaban J connectivity index is 2.14. The van der Waals surface area contributed by atoms with E-state index in [-0.39, 0.29) is 17.1 Å². The van der Waals surface area contributed by atoms with Gasteiger partial charge in [0.1, 0.15) is 11.2 Å². The largest absolute Gasteiger partial charge is 0.433 e. The van der Waals surface area contributed by atoms with E-state index in [0.717, 1.165) is 11.6 Å². The Bertz CT molecular complexity index is 780. The Labute approximate surface area is 111 Å². The molecule has 0 unspecified atom stereocenters. The molecular formula is C13H8F3N3O. The molecule has 0 aliphatic carbocycles. The van der Waals surface area contributed by atoms with E-state index >= 15 is 0 Å². The summed E-state index contributed by atoms with van der Waals surface area (Å²) in [6.07, 6.45) is -1.32. The maximum Gasteiger partial charge on any atom is 0.433 e. The first-order chi connectivity index (χ1) is 9.45. The van der Waals surface area contributed by atoms with Crippen molar-refractivity contribution in [1.29, 1.82) is 0 Å². The molecule has 0 saturated carbocycles. The average molecular weight is 279 g/mol. The van der Waals surface area contributed by atoms with Crippen LogP contribution in [-0.2, 0) is 6.18 Å². The van der Waals surface area contributed by atoms with Gasteiger partial charge in [0.15, 0.2) is 0 Å². The lowest BCUT2D eigenvalue weighted by atomic mass is 10.2. The third-order valence-corrected chi connectivity index (χ3v) is 2.80. The summed E-state index contributed by atoms with van der Waals surface area (Å²) in [5.74, 6) is 0.228. The number of halogens is 3. The van der Waals surface area contributed by atoms with Crippen LogP contribution in [0.15, 0.2) is 35.0 Å². The Hall–Kier alpha value is -2.44. The van der Waals surface area contributed by atoms with E-state index in [0.29, 0.717) is 5.56 Å². The van der Waals surface area contributed by atoms with Gasteiger partial charge in [0.25, 0.3) is 0 Å². The first-order valence-electron chi connectivity index (χ1n) is 5.71. The van der Waals surface area contributed by atoms with Crippen LogP contribution in [0, 0.1) is 6.92 Å². The van der Waals surface area contributed by atoms with Crippen LogP contribution in [0.1, 0.15) is 11.3 Å². The Morgan fingerprint density at radius 3 is 2.60 bits per heavy atom. The van der Waals surface area contributed by atoms with Crippen molar-refractivity contribution < 1.29 is 17.6 Å². The molecule has 20 heavy (non-hydrogen) atoms. The van der Waals surface area contributed by atoms with Crippen molar-refractivity contribution in [3.05, 3.63) is 41.9 Å². The number of pyridine rings is 2. The van der Waals surface area contributed by atoms with E-state index in [4.69, 9.17) is 4.42 Å². The predicted molar refractivity (Wildman–Crippen MR) is 64.8 cm³/mol. The number of alkyl halides is 3. The highest BCUT2D eigenvalue weighted by molar-refractivity contribution is 5.73. The van der Waals surface area contributed by atoms with Crippen LogP contribution in [-0.4, -0.2) is 15.0 Å². The zero-order valence-electron chi connectivity index (χ0n) is 10.3. The van der Waals surface area contributed by atoms with Gasteiger partial charge in [-0.3, -0.25) is 4.98 Å². The fourth-order valence-electron chi connectivity index (χ4n) is 1.80. The predicted octanol–water partition coefficient (Wildman–Crippen LogP) is 3.61. The molecule has 102 valence electrons. The van der Waals surface area contributed by atoms with Gasteiger partial charge in [0.05, 0.1) is 0 Å². The van der Waals surface area contributed by atoms with Crippen LogP contribution in [0.5, 0.6) is 0 Å². The second-order valence-electron chi connectivity index (χ2n) is 4.23. The summed E-state index contributed by atoms with van der Waals surface area (Å²) in [6, 6.07) is 3.81. The SMILES string of the molecule is Cc1cnccc1-c1nc2ccc(C(F)(F)F)nc2o1. The molecular weight excluding hydrogens is 271 g/mol. The fraction of sp³-hybridized carbons (Fsp3) is 0.154. The zero-order valence-corrected chi connectivity index (χ0v) is 10.3. The van der Waals surface area contributed by atoms with Crippen molar-refractivity contribution in [3.63, 3.8) is 0 Å². The van der Waals surface area contributed by atoms with E-state index in [1.54, 1.807) is 18.5 Å². The van der Waals surface area contributed by atoms with Crippen molar-refractivity contribution in [2.24, 2.45) is 0 Å². The Kier molecular flexibility index (Phi) is 2.70. The minimum absolute atomic E-state index is 0.133. The van der Waals surface area contributed by atoms with Gasteiger partial charge >= 0.3 is 6.18 Å². The molecule has 3 heterocycles. The molecule has 0 spiro atoms. The molecule has 4 nitrogen and oxygen atoms in total. The average Bonchev–Trinajstić information content (AvgIpc) is 2.80. The zero-order chi connectivity index (χ0) is 14.3. The van der Waals surface area contributed by atoms with Gasteiger partial charge in [-0.2, -0.15) is 13.2 Å². The Morgan fingerprint density at radius 1 is 1.10 bits per heavy atom. The monoisotopic (exact) mass is 279 g/mol. The van der Waals surface area contributed by atoms with Crippen molar-refractivity contribution in [3.8, 4) is 11.5 Å². The number of hydrogen-bond acceptors (Lipinski definition) is 4.